The van der Waals surface area contributed by atoms with Gasteiger partial charge in [-0.2, -0.15) is 0 Å². The zero-order valence-electron chi connectivity index (χ0n) is 7.42. The molecule has 12 heavy (non-hydrogen) atoms. The van der Waals surface area contributed by atoms with Crippen molar-refractivity contribution in [2.24, 2.45) is 0 Å². The standard InChI is InChI=1S/C9H16NO2/c1-2-3-4-9(11)10-5-7-12-8-6-10/h1-8H2. The number of morpholine rings is 1. The van der Waals surface area contributed by atoms with Gasteiger partial charge in [0.2, 0.25) is 5.91 Å². The van der Waals surface area contributed by atoms with E-state index in [-0.39, 0.29) is 5.91 Å². The van der Waals surface area contributed by atoms with Gasteiger partial charge in [-0.05, 0) is 6.42 Å². The molecule has 1 aliphatic rings. The van der Waals surface area contributed by atoms with Gasteiger partial charge in [-0.1, -0.05) is 13.3 Å². The number of hydrogen-bond donors (Lipinski definition) is 0. The molecule has 1 aliphatic heterocycles. The molecule has 0 unspecified atom stereocenters. The van der Waals surface area contributed by atoms with Crippen LogP contribution in [0.25, 0.3) is 0 Å². The van der Waals surface area contributed by atoms with E-state index in [0.717, 1.165) is 25.9 Å². The Bertz CT molecular complexity index is 141. The predicted octanol–water partition coefficient (Wildman–Crippen LogP) is 0.850. The van der Waals surface area contributed by atoms with Gasteiger partial charge in [0.25, 0.3) is 0 Å². The van der Waals surface area contributed by atoms with E-state index in [2.05, 4.69) is 6.92 Å². The van der Waals surface area contributed by atoms with Gasteiger partial charge in [0.15, 0.2) is 0 Å². The Labute approximate surface area is 73.7 Å². The van der Waals surface area contributed by atoms with Crippen LogP contribution in [-0.2, 0) is 9.53 Å². The minimum atomic E-state index is 0.252. The maximum absolute atomic E-state index is 11.4. The molecule has 0 N–H and O–H groups in total. The van der Waals surface area contributed by atoms with E-state index in [1.807, 2.05) is 4.90 Å². The highest BCUT2D eigenvalue weighted by Gasteiger charge is 2.15. The van der Waals surface area contributed by atoms with Crippen LogP contribution in [0.4, 0.5) is 0 Å². The number of hydrogen-bond acceptors (Lipinski definition) is 2. The van der Waals surface area contributed by atoms with Gasteiger partial charge in [-0.15, -0.1) is 0 Å². The molecular formula is C9H16NO2. The molecule has 0 atom stereocenters. The lowest BCUT2D eigenvalue weighted by atomic mass is 10.2. The van der Waals surface area contributed by atoms with E-state index in [0.29, 0.717) is 19.6 Å². The summed E-state index contributed by atoms with van der Waals surface area (Å²) >= 11 is 0. The molecule has 1 heterocycles. The summed E-state index contributed by atoms with van der Waals surface area (Å²) in [5, 5.41) is 0. The predicted molar refractivity (Wildman–Crippen MR) is 46.6 cm³/mol. The summed E-state index contributed by atoms with van der Waals surface area (Å²) in [6.07, 6.45) is 2.38. The van der Waals surface area contributed by atoms with Crippen molar-refractivity contribution in [3.05, 3.63) is 6.92 Å². The second-order valence-electron chi connectivity index (χ2n) is 2.95. The van der Waals surface area contributed by atoms with E-state index >= 15 is 0 Å². The smallest absolute Gasteiger partial charge is 0.222 e. The van der Waals surface area contributed by atoms with Crippen molar-refractivity contribution in [2.45, 2.75) is 19.3 Å². The second-order valence-corrected chi connectivity index (χ2v) is 2.95. The summed E-state index contributed by atoms with van der Waals surface area (Å²) in [5.41, 5.74) is 0. The normalized spacial score (nSPS) is 17.9. The van der Waals surface area contributed by atoms with Crippen molar-refractivity contribution in [3.63, 3.8) is 0 Å². The highest BCUT2D eigenvalue weighted by molar-refractivity contribution is 5.76. The van der Waals surface area contributed by atoms with Crippen molar-refractivity contribution in [1.82, 2.24) is 4.90 Å². The maximum Gasteiger partial charge on any atom is 0.222 e. The quantitative estimate of drug-likeness (QED) is 0.628. The van der Waals surface area contributed by atoms with E-state index in [1.165, 1.54) is 0 Å². The molecular weight excluding hydrogens is 154 g/mol. The lowest BCUT2D eigenvalue weighted by Crippen LogP contribution is -2.40. The van der Waals surface area contributed by atoms with E-state index < -0.39 is 0 Å². The second kappa shape index (κ2) is 5.14. The molecule has 1 rings (SSSR count). The van der Waals surface area contributed by atoms with Crippen LogP contribution in [0.2, 0.25) is 0 Å². The fraction of sp³-hybridized carbons (Fsp3) is 0.778. The van der Waals surface area contributed by atoms with Gasteiger partial charge in [-0.25, -0.2) is 0 Å². The number of ether oxygens (including phenoxy) is 1. The van der Waals surface area contributed by atoms with E-state index in [4.69, 9.17) is 4.74 Å². The largest absolute Gasteiger partial charge is 0.378 e. The Morgan fingerprint density at radius 2 is 2.08 bits per heavy atom. The van der Waals surface area contributed by atoms with Crippen molar-refractivity contribution in [2.75, 3.05) is 26.3 Å². The number of amides is 1. The van der Waals surface area contributed by atoms with Crippen molar-refractivity contribution in [1.29, 1.82) is 0 Å². The monoisotopic (exact) mass is 170 g/mol. The Morgan fingerprint density at radius 1 is 1.42 bits per heavy atom. The third kappa shape index (κ3) is 2.81. The summed E-state index contributed by atoms with van der Waals surface area (Å²) in [5.74, 6) is 0.252. The SMILES string of the molecule is [CH2]CCCC(=O)N1CCOCC1. The molecule has 0 aromatic carbocycles. The third-order valence-electron chi connectivity index (χ3n) is 2.00. The van der Waals surface area contributed by atoms with Gasteiger partial charge < -0.3 is 9.64 Å². The van der Waals surface area contributed by atoms with Crippen LogP contribution >= 0.6 is 0 Å². The van der Waals surface area contributed by atoms with Crippen LogP contribution < -0.4 is 0 Å². The first-order chi connectivity index (χ1) is 5.84. The lowest BCUT2D eigenvalue weighted by Gasteiger charge is -2.26. The summed E-state index contributed by atoms with van der Waals surface area (Å²) in [7, 11) is 0. The van der Waals surface area contributed by atoms with Gasteiger partial charge in [0.1, 0.15) is 0 Å². The highest BCUT2D eigenvalue weighted by atomic mass is 16.5. The first kappa shape index (κ1) is 9.52. The zero-order valence-corrected chi connectivity index (χ0v) is 7.42. The number of carbonyl (C=O) groups excluding carboxylic acids is 1. The Hall–Kier alpha value is -0.570. The molecule has 0 aliphatic carbocycles. The number of nitrogens with zero attached hydrogens (tertiary/aromatic N) is 1. The van der Waals surface area contributed by atoms with Gasteiger partial charge in [0, 0.05) is 19.5 Å². The van der Waals surface area contributed by atoms with Gasteiger partial charge >= 0.3 is 0 Å². The summed E-state index contributed by atoms with van der Waals surface area (Å²) in [4.78, 5) is 13.3. The summed E-state index contributed by atoms with van der Waals surface area (Å²) in [6, 6.07) is 0. The third-order valence-corrected chi connectivity index (χ3v) is 2.00. The van der Waals surface area contributed by atoms with E-state index in [9.17, 15) is 4.79 Å². The van der Waals surface area contributed by atoms with Crippen molar-refractivity contribution >= 4 is 5.91 Å². The zero-order chi connectivity index (χ0) is 8.81. The van der Waals surface area contributed by atoms with Crippen molar-refractivity contribution < 1.29 is 9.53 Å². The topological polar surface area (TPSA) is 29.5 Å². The number of carbonyl (C=O) groups is 1. The molecule has 1 saturated heterocycles. The lowest BCUT2D eigenvalue weighted by molar-refractivity contribution is -0.135. The molecule has 0 spiro atoms. The Morgan fingerprint density at radius 3 is 2.67 bits per heavy atom. The van der Waals surface area contributed by atoms with Crippen LogP contribution in [0.3, 0.4) is 0 Å². The van der Waals surface area contributed by atoms with Crippen LogP contribution in [0.1, 0.15) is 19.3 Å². The van der Waals surface area contributed by atoms with Crippen molar-refractivity contribution in [3.8, 4) is 0 Å². The molecule has 0 aromatic rings. The molecule has 1 fully saturated rings. The first-order valence-corrected chi connectivity index (χ1v) is 4.49. The minimum Gasteiger partial charge on any atom is -0.378 e. The minimum absolute atomic E-state index is 0.252. The Kier molecular flexibility index (Phi) is 4.08. The molecule has 0 saturated carbocycles. The summed E-state index contributed by atoms with van der Waals surface area (Å²) in [6.45, 7) is 6.61. The van der Waals surface area contributed by atoms with Gasteiger partial charge in [0.05, 0.1) is 13.2 Å². The van der Waals surface area contributed by atoms with E-state index in [1.54, 1.807) is 0 Å². The first-order valence-electron chi connectivity index (χ1n) is 4.49. The average Bonchev–Trinajstić information content (AvgIpc) is 2.15. The van der Waals surface area contributed by atoms with Crippen LogP contribution in [-0.4, -0.2) is 37.1 Å². The van der Waals surface area contributed by atoms with Crippen LogP contribution in [0.15, 0.2) is 0 Å². The highest BCUT2D eigenvalue weighted by Crippen LogP contribution is 2.03. The van der Waals surface area contributed by atoms with Gasteiger partial charge in [-0.3, -0.25) is 4.79 Å². The molecule has 0 aromatic heterocycles. The maximum atomic E-state index is 11.4. The van der Waals surface area contributed by atoms with Crippen LogP contribution in [0, 0.1) is 6.92 Å². The fourth-order valence-electron chi connectivity index (χ4n) is 1.25. The molecule has 3 nitrogen and oxygen atoms in total. The Balaban J connectivity index is 2.20. The molecule has 1 amide bonds. The fourth-order valence-corrected chi connectivity index (χ4v) is 1.25. The average molecular weight is 170 g/mol. The molecule has 69 valence electrons. The number of rotatable bonds is 3. The molecule has 3 heteroatoms. The summed E-state index contributed by atoms with van der Waals surface area (Å²) < 4.78 is 5.15. The molecule has 0 bridgehead atoms. The number of unbranched alkanes of at least 4 members (excludes halogenated alkanes) is 1. The van der Waals surface area contributed by atoms with Crippen LogP contribution in [0.5, 0.6) is 0 Å². The molecule has 1 radical (unpaired) electrons.